The van der Waals surface area contributed by atoms with Crippen LogP contribution < -0.4 is 4.72 Å². The maximum absolute atomic E-state index is 12.8. The first-order chi connectivity index (χ1) is 13.8. The van der Waals surface area contributed by atoms with E-state index in [-0.39, 0.29) is 21.5 Å². The van der Waals surface area contributed by atoms with Gasteiger partial charge in [-0.15, -0.1) is 0 Å². The third kappa shape index (κ3) is 3.95. The van der Waals surface area contributed by atoms with Crippen LogP contribution in [0.25, 0.3) is 0 Å². The number of aryl methyl sites for hydroxylation is 1. The Labute approximate surface area is 177 Å². The van der Waals surface area contributed by atoms with Crippen LogP contribution in [0.4, 0.5) is 5.88 Å². The first-order valence-corrected chi connectivity index (χ1v) is 10.6. The van der Waals surface area contributed by atoms with Gasteiger partial charge in [-0.2, -0.15) is 0 Å². The zero-order chi connectivity index (χ0) is 20.6. The van der Waals surface area contributed by atoms with Gasteiger partial charge in [0, 0.05) is 11.8 Å². The minimum absolute atomic E-state index is 0.0557. The summed E-state index contributed by atoms with van der Waals surface area (Å²) in [5.74, 6) is 5.51. The minimum Gasteiger partial charge on any atom is -0.372 e. The first kappa shape index (κ1) is 19.7. The van der Waals surface area contributed by atoms with E-state index in [1.165, 1.54) is 18.3 Å². The van der Waals surface area contributed by atoms with Crippen molar-refractivity contribution >= 4 is 39.1 Å². The monoisotopic (exact) mass is 449 g/mol. The van der Waals surface area contributed by atoms with Crippen molar-refractivity contribution in [1.82, 2.24) is 10.1 Å². The predicted octanol–water partition coefficient (Wildman–Crippen LogP) is 3.92. The fraction of sp³-hybridized carbons (Fsp3) is 0.158. The normalized spacial score (nSPS) is 12.9. The highest BCUT2D eigenvalue weighted by Gasteiger charge is 2.23. The summed E-state index contributed by atoms with van der Waals surface area (Å²) in [4.78, 5) is 3.97. The second-order valence-electron chi connectivity index (χ2n) is 6.21. The van der Waals surface area contributed by atoms with Gasteiger partial charge in [-0.1, -0.05) is 34.3 Å². The zero-order valence-electron chi connectivity index (χ0n) is 15.0. The van der Waals surface area contributed by atoms with E-state index in [0.717, 1.165) is 11.1 Å². The number of nitrogens with zero attached hydrogens (tertiary/aromatic N) is 2. The zero-order valence-corrected chi connectivity index (χ0v) is 17.3. The summed E-state index contributed by atoms with van der Waals surface area (Å²) in [6, 6.07) is 6.52. The Morgan fingerprint density at radius 3 is 2.66 bits per heavy atom. The highest BCUT2D eigenvalue weighted by Crippen LogP contribution is 2.28. The third-order valence-electron chi connectivity index (χ3n) is 4.20. The number of benzene rings is 1. The van der Waals surface area contributed by atoms with E-state index in [4.69, 9.17) is 32.5 Å². The molecule has 1 aromatic carbocycles. The molecule has 0 atom stereocenters. The molecule has 1 aliphatic heterocycles. The molecule has 0 amide bonds. The van der Waals surface area contributed by atoms with E-state index < -0.39 is 10.0 Å². The van der Waals surface area contributed by atoms with Gasteiger partial charge >= 0.3 is 0 Å². The number of hydrogen-bond acceptors (Lipinski definition) is 6. The molecule has 0 unspecified atom stereocenters. The van der Waals surface area contributed by atoms with E-state index in [2.05, 4.69) is 26.7 Å². The van der Waals surface area contributed by atoms with Crippen molar-refractivity contribution in [2.75, 3.05) is 4.72 Å². The number of sulfonamides is 1. The Morgan fingerprint density at radius 1 is 1.17 bits per heavy atom. The Kier molecular flexibility index (Phi) is 5.23. The Hall–Kier alpha value is -2.57. The quantitative estimate of drug-likeness (QED) is 0.608. The van der Waals surface area contributed by atoms with Crippen molar-refractivity contribution in [2.24, 2.45) is 0 Å². The van der Waals surface area contributed by atoms with E-state index >= 15 is 0 Å². The van der Waals surface area contributed by atoms with Gasteiger partial charge < -0.3 is 9.26 Å². The molecular formula is C19H13Cl2N3O4S. The van der Waals surface area contributed by atoms with Gasteiger partial charge in [0.1, 0.15) is 21.3 Å². The van der Waals surface area contributed by atoms with Gasteiger partial charge in [0.2, 0.25) is 0 Å². The van der Waals surface area contributed by atoms with Crippen molar-refractivity contribution in [3.05, 3.63) is 68.6 Å². The molecule has 1 aliphatic rings. The van der Waals surface area contributed by atoms with Crippen molar-refractivity contribution < 1.29 is 17.7 Å². The lowest BCUT2D eigenvalue weighted by molar-refractivity contribution is 0.134. The van der Waals surface area contributed by atoms with Crippen LogP contribution in [0.5, 0.6) is 0 Å². The lowest BCUT2D eigenvalue weighted by Gasteiger charge is -2.06. The number of ether oxygens (including phenoxy) is 1. The number of pyridine rings is 1. The smallest absolute Gasteiger partial charge is 0.267 e. The number of aromatic nitrogens is 2. The molecule has 10 heteroatoms. The van der Waals surface area contributed by atoms with Crippen LogP contribution >= 0.6 is 23.2 Å². The highest BCUT2D eigenvalue weighted by molar-refractivity contribution is 7.92. The summed E-state index contributed by atoms with van der Waals surface area (Å²) < 4.78 is 38.2. The first-order valence-electron chi connectivity index (χ1n) is 8.36. The van der Waals surface area contributed by atoms with Gasteiger partial charge in [-0.25, -0.2) is 18.1 Å². The lowest BCUT2D eigenvalue weighted by Crippen LogP contribution is -2.15. The van der Waals surface area contributed by atoms with Gasteiger partial charge in [0.05, 0.1) is 18.2 Å². The molecule has 7 nitrogen and oxygen atoms in total. The minimum atomic E-state index is -4.06. The topological polar surface area (TPSA) is 94.3 Å². The van der Waals surface area contributed by atoms with Crippen LogP contribution in [0.15, 0.2) is 39.9 Å². The number of rotatable bonds is 3. The molecule has 1 N–H and O–H groups in total. The molecular weight excluding hydrogens is 437 g/mol. The highest BCUT2D eigenvalue weighted by atomic mass is 35.5. The maximum Gasteiger partial charge on any atom is 0.267 e. The van der Waals surface area contributed by atoms with Crippen molar-refractivity contribution in [3.63, 3.8) is 0 Å². The van der Waals surface area contributed by atoms with E-state index in [9.17, 15) is 8.42 Å². The molecule has 2 aromatic heterocycles. The van der Waals surface area contributed by atoms with Gasteiger partial charge in [0.25, 0.3) is 15.9 Å². The van der Waals surface area contributed by atoms with Gasteiger partial charge in [-0.3, -0.25) is 0 Å². The second kappa shape index (κ2) is 7.69. The van der Waals surface area contributed by atoms with Crippen LogP contribution in [-0.2, 0) is 28.0 Å². The number of fused-ring (bicyclic) bond motifs is 1. The van der Waals surface area contributed by atoms with E-state index in [1.807, 2.05) is 6.07 Å². The second-order valence-corrected chi connectivity index (χ2v) is 8.65. The van der Waals surface area contributed by atoms with Crippen molar-refractivity contribution in [1.29, 1.82) is 0 Å². The summed E-state index contributed by atoms with van der Waals surface area (Å²) in [5, 5.41) is 4.17. The molecule has 29 heavy (non-hydrogen) atoms. The van der Waals surface area contributed by atoms with E-state index in [1.54, 1.807) is 13.0 Å². The van der Waals surface area contributed by atoms with Crippen LogP contribution in [0, 0.1) is 18.8 Å². The molecule has 148 valence electrons. The van der Waals surface area contributed by atoms with Crippen LogP contribution in [0.1, 0.15) is 28.1 Å². The summed E-state index contributed by atoms with van der Waals surface area (Å²) in [6.07, 6.45) is 1.45. The largest absolute Gasteiger partial charge is 0.372 e. The van der Waals surface area contributed by atoms with E-state index in [0.29, 0.717) is 29.5 Å². The molecule has 0 spiro atoms. The van der Waals surface area contributed by atoms with Crippen LogP contribution in [0.2, 0.25) is 10.0 Å². The molecule has 0 bridgehead atoms. The average Bonchev–Trinajstić information content (AvgIpc) is 3.27. The standard InChI is InChI=1S/C19H13Cl2N3O4S/c1-11-18(21)19(28-23-11)24-29(25,26)17-3-2-6-22-16(17)5-4-12-7-13-9-27-10-14(13)8-15(12)20/h2-3,6-8,24H,9-10H2,1H3. The molecule has 3 aromatic rings. The summed E-state index contributed by atoms with van der Waals surface area (Å²) in [7, 11) is -4.06. The number of nitrogens with one attached hydrogen (secondary N) is 1. The SMILES string of the molecule is Cc1noc(NS(=O)(=O)c2cccnc2C#Cc2cc3c(cc2Cl)COC3)c1Cl. The van der Waals surface area contributed by atoms with Crippen LogP contribution in [-0.4, -0.2) is 18.6 Å². The Bertz CT molecular complexity index is 1280. The predicted molar refractivity (Wildman–Crippen MR) is 107 cm³/mol. The number of anilines is 1. The number of halogens is 2. The molecule has 0 saturated carbocycles. The lowest BCUT2D eigenvalue weighted by atomic mass is 10.1. The van der Waals surface area contributed by atoms with Crippen molar-refractivity contribution in [2.45, 2.75) is 25.0 Å². The molecule has 3 heterocycles. The molecule has 0 saturated heterocycles. The summed E-state index contributed by atoms with van der Waals surface area (Å²) in [5.41, 5.74) is 3.01. The maximum atomic E-state index is 12.8. The summed E-state index contributed by atoms with van der Waals surface area (Å²) >= 11 is 12.3. The molecule has 0 radical (unpaired) electrons. The molecule has 4 rings (SSSR count). The Morgan fingerprint density at radius 2 is 1.93 bits per heavy atom. The average molecular weight is 450 g/mol. The Balaban J connectivity index is 1.70. The van der Waals surface area contributed by atoms with Gasteiger partial charge in [-0.05, 0) is 48.2 Å². The fourth-order valence-electron chi connectivity index (χ4n) is 2.72. The molecule has 0 aliphatic carbocycles. The summed E-state index contributed by atoms with van der Waals surface area (Å²) in [6.45, 7) is 2.60. The molecule has 0 fully saturated rings. The van der Waals surface area contributed by atoms with Crippen molar-refractivity contribution in [3.8, 4) is 11.8 Å². The fourth-order valence-corrected chi connectivity index (χ4v) is 4.24. The number of hydrogen-bond donors (Lipinski definition) is 1. The van der Waals surface area contributed by atoms with Crippen LogP contribution in [0.3, 0.4) is 0 Å². The van der Waals surface area contributed by atoms with Gasteiger partial charge in [0.15, 0.2) is 0 Å². The third-order valence-corrected chi connectivity index (χ3v) is 6.32.